The van der Waals surface area contributed by atoms with Crippen LogP contribution in [0.3, 0.4) is 0 Å². The van der Waals surface area contributed by atoms with Crippen LogP contribution in [0, 0.1) is 0 Å². The molecular formula is C10H12Cl2N2O. The molecular weight excluding hydrogens is 235 g/mol. The van der Waals surface area contributed by atoms with Crippen molar-refractivity contribution in [2.24, 2.45) is 0 Å². The molecule has 0 aromatic heterocycles. The summed E-state index contributed by atoms with van der Waals surface area (Å²) in [5.74, 6) is -0.0381. The molecule has 2 N–H and O–H groups in total. The van der Waals surface area contributed by atoms with Crippen LogP contribution < -0.4 is 5.73 Å². The van der Waals surface area contributed by atoms with Gasteiger partial charge in [0.1, 0.15) is 0 Å². The molecule has 5 heteroatoms. The third kappa shape index (κ3) is 3.09. The summed E-state index contributed by atoms with van der Waals surface area (Å²) in [7, 11) is 3.64. The highest BCUT2D eigenvalue weighted by molar-refractivity contribution is 6.39. The Kier molecular flexibility index (Phi) is 3.97. The van der Waals surface area contributed by atoms with Crippen LogP contribution in [-0.4, -0.2) is 31.3 Å². The van der Waals surface area contributed by atoms with Gasteiger partial charge in [-0.15, -0.1) is 0 Å². The van der Waals surface area contributed by atoms with E-state index < -0.39 is 0 Å². The standard InChI is InChI=1S/C10H12Cl2N2O/c1-14(2)5-9(15)6-3-7(11)10(13)8(12)4-6/h3-4H,5,13H2,1-2H3. The number of halogens is 2. The van der Waals surface area contributed by atoms with E-state index in [9.17, 15) is 4.79 Å². The van der Waals surface area contributed by atoms with Crippen LogP contribution >= 0.6 is 23.2 Å². The fourth-order valence-electron chi connectivity index (χ4n) is 1.12. The van der Waals surface area contributed by atoms with E-state index in [2.05, 4.69) is 0 Å². The number of hydrogen-bond acceptors (Lipinski definition) is 3. The summed E-state index contributed by atoms with van der Waals surface area (Å²) >= 11 is 11.6. The van der Waals surface area contributed by atoms with Gasteiger partial charge in [-0.25, -0.2) is 0 Å². The largest absolute Gasteiger partial charge is 0.396 e. The monoisotopic (exact) mass is 246 g/mol. The van der Waals surface area contributed by atoms with Gasteiger partial charge in [-0.1, -0.05) is 23.2 Å². The average molecular weight is 247 g/mol. The Bertz CT molecular complexity index is 368. The average Bonchev–Trinajstić information content (AvgIpc) is 2.12. The van der Waals surface area contributed by atoms with Crippen LogP contribution in [0.25, 0.3) is 0 Å². The molecule has 0 saturated heterocycles. The maximum absolute atomic E-state index is 11.7. The summed E-state index contributed by atoms with van der Waals surface area (Å²) < 4.78 is 0. The predicted octanol–water partition coefficient (Wildman–Crippen LogP) is 2.32. The molecule has 82 valence electrons. The molecule has 0 spiro atoms. The number of nitrogens with zero attached hydrogens (tertiary/aromatic N) is 1. The minimum atomic E-state index is -0.0381. The van der Waals surface area contributed by atoms with Gasteiger partial charge in [0.15, 0.2) is 5.78 Å². The molecule has 3 nitrogen and oxygen atoms in total. The zero-order chi connectivity index (χ0) is 11.6. The molecule has 1 aromatic rings. The molecule has 0 unspecified atom stereocenters. The van der Waals surface area contributed by atoms with Gasteiger partial charge < -0.3 is 10.6 Å². The van der Waals surface area contributed by atoms with Gasteiger partial charge in [0.05, 0.1) is 22.3 Å². The summed E-state index contributed by atoms with van der Waals surface area (Å²) in [6, 6.07) is 3.07. The molecule has 0 aliphatic carbocycles. The first-order valence-corrected chi connectivity index (χ1v) is 5.10. The van der Waals surface area contributed by atoms with Gasteiger partial charge in [-0.3, -0.25) is 4.79 Å². The Labute approximate surface area is 98.8 Å². The van der Waals surface area contributed by atoms with E-state index in [0.29, 0.717) is 27.8 Å². The Morgan fingerprint density at radius 1 is 1.33 bits per heavy atom. The van der Waals surface area contributed by atoms with Crippen LogP contribution in [0.1, 0.15) is 10.4 Å². The van der Waals surface area contributed by atoms with Gasteiger partial charge in [0.25, 0.3) is 0 Å². The Morgan fingerprint density at radius 2 is 1.80 bits per heavy atom. The van der Waals surface area contributed by atoms with E-state index in [4.69, 9.17) is 28.9 Å². The lowest BCUT2D eigenvalue weighted by Crippen LogP contribution is -2.21. The number of Topliss-reactive ketones (excluding diaryl/α,β-unsaturated/α-hetero) is 1. The molecule has 0 amide bonds. The Hall–Kier alpha value is -0.770. The molecule has 0 bridgehead atoms. The molecule has 0 aliphatic heterocycles. The zero-order valence-corrected chi connectivity index (χ0v) is 10.1. The van der Waals surface area contributed by atoms with Crippen molar-refractivity contribution >= 4 is 34.7 Å². The van der Waals surface area contributed by atoms with Gasteiger partial charge in [0.2, 0.25) is 0 Å². The smallest absolute Gasteiger partial charge is 0.176 e. The van der Waals surface area contributed by atoms with Crippen LogP contribution in [0.5, 0.6) is 0 Å². The van der Waals surface area contributed by atoms with E-state index in [-0.39, 0.29) is 5.78 Å². The molecule has 0 saturated carbocycles. The minimum absolute atomic E-state index is 0.0381. The third-order valence-electron chi connectivity index (χ3n) is 1.86. The number of nitrogen functional groups attached to an aromatic ring is 1. The van der Waals surface area contributed by atoms with Crippen molar-refractivity contribution in [2.75, 3.05) is 26.4 Å². The number of carbonyl (C=O) groups excluding carboxylic acids is 1. The number of benzene rings is 1. The molecule has 0 fully saturated rings. The van der Waals surface area contributed by atoms with Crippen molar-refractivity contribution in [3.63, 3.8) is 0 Å². The lowest BCUT2D eigenvalue weighted by Gasteiger charge is -2.09. The topological polar surface area (TPSA) is 46.3 Å². The van der Waals surface area contributed by atoms with Gasteiger partial charge in [0, 0.05) is 5.56 Å². The molecule has 0 aliphatic rings. The highest BCUT2D eigenvalue weighted by Crippen LogP contribution is 2.28. The predicted molar refractivity (Wildman–Crippen MR) is 63.8 cm³/mol. The van der Waals surface area contributed by atoms with Crippen molar-refractivity contribution in [3.8, 4) is 0 Å². The van der Waals surface area contributed by atoms with Crippen molar-refractivity contribution in [3.05, 3.63) is 27.7 Å². The number of carbonyl (C=O) groups is 1. The summed E-state index contributed by atoms with van der Waals surface area (Å²) in [6.07, 6.45) is 0. The third-order valence-corrected chi connectivity index (χ3v) is 2.49. The molecule has 0 atom stereocenters. The van der Waals surface area contributed by atoms with E-state index >= 15 is 0 Å². The molecule has 15 heavy (non-hydrogen) atoms. The van der Waals surface area contributed by atoms with Gasteiger partial charge >= 0.3 is 0 Å². The summed E-state index contributed by atoms with van der Waals surface area (Å²) in [6.45, 7) is 0.316. The number of nitrogens with two attached hydrogens (primary N) is 1. The van der Waals surface area contributed by atoms with Crippen LogP contribution in [0.2, 0.25) is 10.0 Å². The second-order valence-corrected chi connectivity index (χ2v) is 4.33. The fourth-order valence-corrected chi connectivity index (χ4v) is 1.61. The number of hydrogen-bond donors (Lipinski definition) is 1. The maximum Gasteiger partial charge on any atom is 0.176 e. The van der Waals surface area contributed by atoms with E-state index in [1.807, 2.05) is 14.1 Å². The second-order valence-electron chi connectivity index (χ2n) is 3.51. The van der Waals surface area contributed by atoms with Crippen molar-refractivity contribution in [1.82, 2.24) is 4.90 Å². The van der Waals surface area contributed by atoms with Gasteiger partial charge in [-0.05, 0) is 26.2 Å². The van der Waals surface area contributed by atoms with Crippen LogP contribution in [0.4, 0.5) is 5.69 Å². The van der Waals surface area contributed by atoms with E-state index in [0.717, 1.165) is 0 Å². The normalized spacial score (nSPS) is 10.7. The maximum atomic E-state index is 11.7. The number of likely N-dealkylation sites (N-methyl/N-ethyl adjacent to an activating group) is 1. The number of ketones is 1. The zero-order valence-electron chi connectivity index (χ0n) is 8.55. The first kappa shape index (κ1) is 12.3. The number of anilines is 1. The van der Waals surface area contributed by atoms with E-state index in [1.165, 1.54) is 12.1 Å². The molecule has 0 heterocycles. The van der Waals surface area contributed by atoms with Crippen LogP contribution in [-0.2, 0) is 0 Å². The van der Waals surface area contributed by atoms with Crippen LogP contribution in [0.15, 0.2) is 12.1 Å². The number of rotatable bonds is 3. The molecule has 1 rings (SSSR count). The minimum Gasteiger partial charge on any atom is -0.396 e. The highest BCUT2D eigenvalue weighted by Gasteiger charge is 2.11. The Morgan fingerprint density at radius 3 is 2.20 bits per heavy atom. The molecule has 1 aromatic carbocycles. The summed E-state index contributed by atoms with van der Waals surface area (Å²) in [4.78, 5) is 13.4. The van der Waals surface area contributed by atoms with Crippen molar-refractivity contribution in [2.45, 2.75) is 0 Å². The lowest BCUT2D eigenvalue weighted by molar-refractivity contribution is 0.0958. The Balaban J connectivity index is 3.01. The second kappa shape index (κ2) is 4.84. The van der Waals surface area contributed by atoms with Crippen molar-refractivity contribution < 1.29 is 4.79 Å². The summed E-state index contributed by atoms with van der Waals surface area (Å²) in [5, 5.41) is 0.620. The van der Waals surface area contributed by atoms with E-state index in [1.54, 1.807) is 4.90 Å². The fraction of sp³-hybridized carbons (Fsp3) is 0.300. The van der Waals surface area contributed by atoms with Crippen molar-refractivity contribution in [1.29, 1.82) is 0 Å². The molecule has 0 radical (unpaired) electrons. The summed E-state index contributed by atoms with van der Waals surface area (Å²) in [5.41, 5.74) is 6.35. The lowest BCUT2D eigenvalue weighted by atomic mass is 10.1. The highest BCUT2D eigenvalue weighted by atomic mass is 35.5. The van der Waals surface area contributed by atoms with Gasteiger partial charge in [-0.2, -0.15) is 0 Å². The first-order chi connectivity index (χ1) is 6.91. The quantitative estimate of drug-likeness (QED) is 0.658. The SMILES string of the molecule is CN(C)CC(=O)c1cc(Cl)c(N)c(Cl)c1. The first-order valence-electron chi connectivity index (χ1n) is 4.34.